The van der Waals surface area contributed by atoms with Crippen LogP contribution in [0.5, 0.6) is 0 Å². The van der Waals surface area contributed by atoms with E-state index in [0.29, 0.717) is 6.42 Å². The van der Waals surface area contributed by atoms with Crippen LogP contribution in [0.4, 0.5) is 0 Å². The van der Waals surface area contributed by atoms with Crippen LogP contribution in [0.15, 0.2) is 6.20 Å². The van der Waals surface area contributed by atoms with Gasteiger partial charge in [0.05, 0.1) is 6.04 Å². The van der Waals surface area contributed by atoms with Crippen LogP contribution in [0, 0.1) is 6.92 Å². The molecule has 106 valence electrons. The zero-order valence-electron chi connectivity index (χ0n) is 10.9. The van der Waals surface area contributed by atoms with E-state index in [4.69, 9.17) is 0 Å². The van der Waals surface area contributed by atoms with Gasteiger partial charge in [-0.3, -0.25) is 4.79 Å². The fourth-order valence-electron chi connectivity index (χ4n) is 1.37. The SMILES string of the molecule is CNCCCC(=O)NC(C)c1ncc(C)s1.Cl.Cl. The van der Waals surface area contributed by atoms with Crippen LogP contribution < -0.4 is 10.6 Å². The highest BCUT2D eigenvalue weighted by Crippen LogP contribution is 2.18. The zero-order chi connectivity index (χ0) is 12.0. The molecule has 0 aliphatic heterocycles. The third kappa shape index (κ3) is 7.16. The molecule has 0 aliphatic carbocycles. The van der Waals surface area contributed by atoms with Crippen LogP contribution in [-0.4, -0.2) is 24.5 Å². The summed E-state index contributed by atoms with van der Waals surface area (Å²) in [5.41, 5.74) is 0. The molecule has 1 amide bonds. The maximum absolute atomic E-state index is 11.5. The Kier molecular flexibility index (Phi) is 11.7. The van der Waals surface area contributed by atoms with Crippen molar-refractivity contribution in [2.24, 2.45) is 0 Å². The highest BCUT2D eigenvalue weighted by molar-refractivity contribution is 7.11. The van der Waals surface area contributed by atoms with Gasteiger partial charge >= 0.3 is 0 Å². The van der Waals surface area contributed by atoms with E-state index in [0.717, 1.165) is 18.0 Å². The molecule has 7 heteroatoms. The van der Waals surface area contributed by atoms with Crippen LogP contribution in [0.2, 0.25) is 0 Å². The molecule has 18 heavy (non-hydrogen) atoms. The second-order valence-corrected chi connectivity index (χ2v) is 5.07. The van der Waals surface area contributed by atoms with Crippen LogP contribution in [0.1, 0.15) is 35.7 Å². The monoisotopic (exact) mass is 313 g/mol. The summed E-state index contributed by atoms with van der Waals surface area (Å²) in [6.07, 6.45) is 3.27. The minimum absolute atomic E-state index is 0. The van der Waals surface area contributed by atoms with Crippen molar-refractivity contribution in [3.8, 4) is 0 Å². The molecule has 1 aromatic rings. The Bertz CT molecular complexity index is 347. The number of nitrogens with zero attached hydrogens (tertiary/aromatic N) is 1. The smallest absolute Gasteiger partial charge is 0.220 e. The predicted octanol–water partition coefficient (Wildman–Crippen LogP) is 2.47. The summed E-state index contributed by atoms with van der Waals surface area (Å²) >= 11 is 1.63. The predicted molar refractivity (Wildman–Crippen MR) is 81.1 cm³/mol. The van der Waals surface area contributed by atoms with E-state index in [1.165, 1.54) is 4.88 Å². The number of carbonyl (C=O) groups excluding carboxylic acids is 1. The van der Waals surface area contributed by atoms with Gasteiger partial charge < -0.3 is 10.6 Å². The molecule has 1 unspecified atom stereocenters. The van der Waals surface area contributed by atoms with E-state index < -0.39 is 0 Å². The number of carbonyl (C=O) groups is 1. The molecule has 4 nitrogen and oxygen atoms in total. The molecule has 1 rings (SSSR count). The van der Waals surface area contributed by atoms with Crippen LogP contribution in [0.3, 0.4) is 0 Å². The van der Waals surface area contributed by atoms with Crippen molar-refractivity contribution < 1.29 is 4.79 Å². The summed E-state index contributed by atoms with van der Waals surface area (Å²) in [4.78, 5) is 17.0. The molecule has 0 spiro atoms. The molecule has 0 saturated carbocycles. The van der Waals surface area contributed by atoms with E-state index in [-0.39, 0.29) is 36.8 Å². The van der Waals surface area contributed by atoms with E-state index in [9.17, 15) is 4.79 Å². The van der Waals surface area contributed by atoms with Crippen molar-refractivity contribution in [2.75, 3.05) is 13.6 Å². The Hall–Kier alpha value is -0.360. The minimum atomic E-state index is 0. The number of halogens is 2. The third-order valence-corrected chi connectivity index (χ3v) is 3.31. The van der Waals surface area contributed by atoms with Crippen LogP contribution in [-0.2, 0) is 4.79 Å². The second-order valence-electron chi connectivity index (χ2n) is 3.81. The van der Waals surface area contributed by atoms with Gasteiger partial charge in [-0.25, -0.2) is 4.98 Å². The number of aromatic nitrogens is 1. The van der Waals surface area contributed by atoms with E-state index >= 15 is 0 Å². The summed E-state index contributed by atoms with van der Waals surface area (Å²) in [5.74, 6) is 0.0932. The minimum Gasteiger partial charge on any atom is -0.347 e. The lowest BCUT2D eigenvalue weighted by Crippen LogP contribution is -2.27. The van der Waals surface area contributed by atoms with Gasteiger partial charge in [-0.15, -0.1) is 36.2 Å². The number of hydrogen-bond donors (Lipinski definition) is 2. The quantitative estimate of drug-likeness (QED) is 0.793. The Morgan fingerprint density at radius 1 is 1.50 bits per heavy atom. The molecular formula is C11H21Cl2N3OS. The first-order valence-corrected chi connectivity index (χ1v) is 6.31. The van der Waals surface area contributed by atoms with E-state index in [1.807, 2.05) is 27.1 Å². The van der Waals surface area contributed by atoms with Gasteiger partial charge in [0.25, 0.3) is 0 Å². The first-order chi connectivity index (χ1) is 7.63. The van der Waals surface area contributed by atoms with Gasteiger partial charge in [0, 0.05) is 17.5 Å². The molecule has 2 N–H and O–H groups in total. The maximum Gasteiger partial charge on any atom is 0.220 e. The number of rotatable bonds is 6. The number of thiazole rings is 1. The zero-order valence-corrected chi connectivity index (χ0v) is 13.3. The molecule has 0 radical (unpaired) electrons. The fraction of sp³-hybridized carbons (Fsp3) is 0.636. The normalized spacial score (nSPS) is 11.1. The van der Waals surface area contributed by atoms with E-state index in [2.05, 4.69) is 15.6 Å². The lowest BCUT2D eigenvalue weighted by molar-refractivity contribution is -0.121. The fourth-order valence-corrected chi connectivity index (χ4v) is 2.15. The summed E-state index contributed by atoms with van der Waals surface area (Å²) in [7, 11) is 1.89. The Morgan fingerprint density at radius 3 is 2.67 bits per heavy atom. The number of amides is 1. The molecule has 1 atom stereocenters. The van der Waals surface area contributed by atoms with Crippen molar-refractivity contribution >= 4 is 42.1 Å². The first kappa shape index (κ1) is 20.0. The highest BCUT2D eigenvalue weighted by atomic mass is 35.5. The van der Waals surface area contributed by atoms with Crippen molar-refractivity contribution in [2.45, 2.75) is 32.7 Å². The molecule has 0 saturated heterocycles. The van der Waals surface area contributed by atoms with Gasteiger partial charge in [-0.1, -0.05) is 0 Å². The molecule has 1 aromatic heterocycles. The lowest BCUT2D eigenvalue weighted by atomic mass is 10.2. The summed E-state index contributed by atoms with van der Waals surface area (Å²) in [6.45, 7) is 4.86. The standard InChI is InChI=1S/C11H19N3OS.2ClH/c1-8-7-13-11(16-8)9(2)14-10(15)5-4-6-12-3;;/h7,9,12H,4-6H2,1-3H3,(H,14,15);2*1H. The van der Waals surface area contributed by atoms with Gasteiger partial charge in [0.15, 0.2) is 0 Å². The Balaban J connectivity index is 0. The lowest BCUT2D eigenvalue weighted by Gasteiger charge is -2.10. The van der Waals surface area contributed by atoms with Crippen molar-refractivity contribution in [3.63, 3.8) is 0 Å². The summed E-state index contributed by atoms with van der Waals surface area (Å²) in [6, 6.07) is 0.0146. The van der Waals surface area contributed by atoms with Gasteiger partial charge in [-0.05, 0) is 33.9 Å². The molecule has 0 bridgehead atoms. The summed E-state index contributed by atoms with van der Waals surface area (Å²) in [5, 5.41) is 6.94. The van der Waals surface area contributed by atoms with Crippen molar-refractivity contribution in [1.29, 1.82) is 0 Å². The van der Waals surface area contributed by atoms with Gasteiger partial charge in [0.1, 0.15) is 5.01 Å². The largest absolute Gasteiger partial charge is 0.347 e. The van der Waals surface area contributed by atoms with Crippen molar-refractivity contribution in [3.05, 3.63) is 16.1 Å². The number of nitrogens with one attached hydrogen (secondary N) is 2. The first-order valence-electron chi connectivity index (χ1n) is 5.49. The Labute approximate surface area is 125 Å². The Morgan fingerprint density at radius 2 is 2.17 bits per heavy atom. The molecule has 1 heterocycles. The van der Waals surface area contributed by atoms with Gasteiger partial charge in [0.2, 0.25) is 5.91 Å². The number of hydrogen-bond acceptors (Lipinski definition) is 4. The van der Waals surface area contributed by atoms with Crippen LogP contribution in [0.25, 0.3) is 0 Å². The molecule has 0 aromatic carbocycles. The number of aryl methyl sites for hydroxylation is 1. The third-order valence-electron chi connectivity index (χ3n) is 2.22. The maximum atomic E-state index is 11.5. The van der Waals surface area contributed by atoms with Crippen molar-refractivity contribution in [1.82, 2.24) is 15.6 Å². The second kappa shape index (κ2) is 10.6. The topological polar surface area (TPSA) is 54.0 Å². The molecule has 0 aliphatic rings. The summed E-state index contributed by atoms with van der Waals surface area (Å²) < 4.78 is 0. The molecule has 0 fully saturated rings. The average molecular weight is 314 g/mol. The average Bonchev–Trinajstić information content (AvgIpc) is 2.65. The highest BCUT2D eigenvalue weighted by Gasteiger charge is 2.11. The molecular weight excluding hydrogens is 293 g/mol. The van der Waals surface area contributed by atoms with Gasteiger partial charge in [-0.2, -0.15) is 0 Å². The van der Waals surface area contributed by atoms with Crippen LogP contribution >= 0.6 is 36.2 Å². The van der Waals surface area contributed by atoms with E-state index in [1.54, 1.807) is 11.3 Å².